The monoisotopic (exact) mass is 467 g/mol. The molecule has 33 heavy (non-hydrogen) atoms. The number of benzene rings is 2. The normalized spacial score (nSPS) is 22.8. The van der Waals surface area contributed by atoms with Gasteiger partial charge in [0.15, 0.2) is 0 Å². The number of nitrogens with one attached hydrogen (secondary N) is 1. The molecule has 1 spiro atoms. The van der Waals surface area contributed by atoms with Crippen LogP contribution in [-0.2, 0) is 9.53 Å². The fourth-order valence-electron chi connectivity index (χ4n) is 4.22. The Morgan fingerprint density at radius 1 is 1.18 bits per heavy atom. The van der Waals surface area contributed by atoms with Crippen LogP contribution >= 0.6 is 0 Å². The first kappa shape index (κ1) is 22.7. The molecule has 1 aliphatic heterocycles. The van der Waals surface area contributed by atoms with Crippen molar-refractivity contribution >= 4 is 29.1 Å². The van der Waals surface area contributed by atoms with Crippen LogP contribution in [0.5, 0.6) is 5.75 Å². The van der Waals surface area contributed by atoms with Crippen molar-refractivity contribution < 1.29 is 36.6 Å². The SMILES string of the molecule is Nc1ccc(OC(F)(F)F)cc1NC(=O)[C@H]1CC[C@]2(CC1)CN(c1ccccc1F)C(=O)O2. The zero-order valence-corrected chi connectivity index (χ0v) is 17.3. The van der Waals surface area contributed by atoms with E-state index in [1.165, 1.54) is 29.2 Å². The molecule has 0 radical (unpaired) electrons. The second-order valence-corrected chi connectivity index (χ2v) is 8.15. The Hall–Kier alpha value is -3.50. The van der Waals surface area contributed by atoms with Crippen LogP contribution in [0.4, 0.5) is 39.4 Å². The van der Waals surface area contributed by atoms with E-state index in [1.807, 2.05) is 0 Å². The molecule has 1 saturated heterocycles. The van der Waals surface area contributed by atoms with Gasteiger partial charge in [-0.2, -0.15) is 0 Å². The first-order valence-electron chi connectivity index (χ1n) is 10.3. The molecular formula is C22H21F4N3O4. The molecular weight excluding hydrogens is 446 g/mol. The highest BCUT2D eigenvalue weighted by Gasteiger charge is 2.49. The molecule has 1 heterocycles. The predicted octanol–water partition coefficient (Wildman–Crippen LogP) is 4.83. The highest BCUT2D eigenvalue weighted by atomic mass is 19.4. The molecule has 2 aromatic carbocycles. The lowest BCUT2D eigenvalue weighted by molar-refractivity contribution is -0.274. The van der Waals surface area contributed by atoms with Crippen molar-refractivity contribution in [3.63, 3.8) is 0 Å². The zero-order valence-electron chi connectivity index (χ0n) is 17.3. The summed E-state index contributed by atoms with van der Waals surface area (Å²) in [6.45, 7) is 0.172. The van der Waals surface area contributed by atoms with E-state index in [1.54, 1.807) is 6.07 Å². The van der Waals surface area contributed by atoms with Crippen LogP contribution in [0, 0.1) is 11.7 Å². The Balaban J connectivity index is 1.39. The molecule has 1 saturated carbocycles. The fourth-order valence-corrected chi connectivity index (χ4v) is 4.22. The van der Waals surface area contributed by atoms with Crippen LogP contribution in [0.1, 0.15) is 25.7 Å². The van der Waals surface area contributed by atoms with Crippen LogP contribution < -0.4 is 20.7 Å². The summed E-state index contributed by atoms with van der Waals surface area (Å²) in [6, 6.07) is 9.18. The van der Waals surface area contributed by atoms with E-state index < -0.39 is 41.4 Å². The van der Waals surface area contributed by atoms with Gasteiger partial charge in [-0.1, -0.05) is 12.1 Å². The Labute approximate surface area is 186 Å². The van der Waals surface area contributed by atoms with Crippen molar-refractivity contribution in [3.05, 3.63) is 48.3 Å². The molecule has 0 atom stereocenters. The van der Waals surface area contributed by atoms with Crippen molar-refractivity contribution in [2.45, 2.75) is 37.6 Å². The number of ether oxygens (including phenoxy) is 2. The second kappa shape index (κ2) is 8.45. The van der Waals surface area contributed by atoms with Gasteiger partial charge in [0.25, 0.3) is 0 Å². The molecule has 2 amide bonds. The van der Waals surface area contributed by atoms with Gasteiger partial charge < -0.3 is 20.5 Å². The quantitative estimate of drug-likeness (QED) is 0.496. The van der Waals surface area contributed by atoms with Gasteiger partial charge in [-0.3, -0.25) is 9.69 Å². The maximum Gasteiger partial charge on any atom is 0.573 e. The molecule has 7 nitrogen and oxygen atoms in total. The molecule has 176 valence electrons. The minimum Gasteiger partial charge on any atom is -0.441 e. The summed E-state index contributed by atoms with van der Waals surface area (Å²) in [6.07, 6.45) is -3.99. The number of alkyl halides is 3. The van der Waals surface area contributed by atoms with Gasteiger partial charge in [-0.25, -0.2) is 9.18 Å². The van der Waals surface area contributed by atoms with Crippen molar-refractivity contribution in [2.75, 3.05) is 22.5 Å². The van der Waals surface area contributed by atoms with E-state index in [9.17, 15) is 27.2 Å². The van der Waals surface area contributed by atoms with Crippen molar-refractivity contribution in [1.82, 2.24) is 0 Å². The summed E-state index contributed by atoms with van der Waals surface area (Å²) in [7, 11) is 0. The number of halogens is 4. The molecule has 2 fully saturated rings. The number of carbonyl (C=O) groups excluding carboxylic acids is 2. The largest absolute Gasteiger partial charge is 0.573 e. The van der Waals surface area contributed by atoms with Gasteiger partial charge in [0.1, 0.15) is 17.2 Å². The molecule has 1 aliphatic carbocycles. The Morgan fingerprint density at radius 2 is 1.88 bits per heavy atom. The lowest BCUT2D eigenvalue weighted by atomic mass is 9.78. The first-order chi connectivity index (χ1) is 15.6. The lowest BCUT2D eigenvalue weighted by Gasteiger charge is -2.34. The third-order valence-corrected chi connectivity index (χ3v) is 5.90. The van der Waals surface area contributed by atoms with E-state index in [2.05, 4.69) is 10.1 Å². The molecule has 2 aliphatic rings. The summed E-state index contributed by atoms with van der Waals surface area (Å²) < 4.78 is 60.9. The van der Waals surface area contributed by atoms with E-state index in [0.29, 0.717) is 25.7 Å². The van der Waals surface area contributed by atoms with E-state index >= 15 is 0 Å². The summed E-state index contributed by atoms with van der Waals surface area (Å²) in [4.78, 5) is 26.3. The van der Waals surface area contributed by atoms with Crippen LogP contribution in [0.3, 0.4) is 0 Å². The van der Waals surface area contributed by atoms with Gasteiger partial charge in [0.2, 0.25) is 5.91 Å². The van der Waals surface area contributed by atoms with Crippen molar-refractivity contribution in [1.29, 1.82) is 0 Å². The van der Waals surface area contributed by atoms with E-state index in [4.69, 9.17) is 10.5 Å². The van der Waals surface area contributed by atoms with Gasteiger partial charge in [0.05, 0.1) is 23.6 Å². The van der Waals surface area contributed by atoms with Crippen LogP contribution in [-0.4, -0.2) is 30.5 Å². The molecule has 4 rings (SSSR count). The molecule has 0 bridgehead atoms. The minimum absolute atomic E-state index is 0.0139. The van der Waals surface area contributed by atoms with Crippen LogP contribution in [0.25, 0.3) is 0 Å². The highest BCUT2D eigenvalue weighted by molar-refractivity contribution is 5.96. The lowest BCUT2D eigenvalue weighted by Crippen LogP contribution is -2.41. The highest BCUT2D eigenvalue weighted by Crippen LogP contribution is 2.41. The number of nitrogens with zero attached hydrogens (tertiary/aromatic N) is 1. The van der Waals surface area contributed by atoms with E-state index in [-0.39, 0.29) is 23.6 Å². The number of hydrogen-bond acceptors (Lipinski definition) is 5. The summed E-state index contributed by atoms with van der Waals surface area (Å²) in [5.41, 5.74) is 5.20. The third kappa shape index (κ3) is 4.96. The number of hydrogen-bond donors (Lipinski definition) is 2. The van der Waals surface area contributed by atoms with E-state index in [0.717, 1.165) is 12.1 Å². The summed E-state index contributed by atoms with van der Waals surface area (Å²) in [5, 5.41) is 2.56. The molecule has 0 unspecified atom stereocenters. The zero-order chi connectivity index (χ0) is 23.8. The number of nitrogen functional groups attached to an aromatic ring is 1. The van der Waals surface area contributed by atoms with Crippen molar-refractivity contribution in [3.8, 4) is 5.75 Å². The van der Waals surface area contributed by atoms with Gasteiger partial charge in [0, 0.05) is 12.0 Å². The standard InChI is InChI=1S/C22H21F4N3O4/c23-15-3-1-2-4-18(15)29-12-21(33-20(29)31)9-7-13(8-10-21)19(30)28-17-11-14(5-6-16(17)27)32-22(24,25)26/h1-6,11,13H,7-10,12,27H2,(H,28,30)/t13-,21-. The van der Waals surface area contributed by atoms with Gasteiger partial charge in [-0.05, 0) is 49.9 Å². The molecule has 3 N–H and O–H groups in total. The summed E-state index contributed by atoms with van der Waals surface area (Å²) in [5.74, 6) is -1.89. The Morgan fingerprint density at radius 3 is 2.55 bits per heavy atom. The number of para-hydroxylation sites is 1. The number of carbonyl (C=O) groups is 2. The Kier molecular flexibility index (Phi) is 5.81. The third-order valence-electron chi connectivity index (χ3n) is 5.90. The maximum absolute atomic E-state index is 14.1. The number of amides is 2. The minimum atomic E-state index is -4.87. The van der Waals surface area contributed by atoms with Crippen molar-refractivity contribution in [2.24, 2.45) is 5.92 Å². The maximum atomic E-state index is 14.1. The number of anilines is 3. The first-order valence-corrected chi connectivity index (χ1v) is 10.3. The molecule has 0 aromatic heterocycles. The average molecular weight is 467 g/mol. The number of nitrogens with two attached hydrogens (primary N) is 1. The number of rotatable bonds is 4. The Bertz CT molecular complexity index is 1070. The molecule has 2 aromatic rings. The topological polar surface area (TPSA) is 93.9 Å². The molecule has 11 heteroatoms. The smallest absolute Gasteiger partial charge is 0.441 e. The average Bonchev–Trinajstić information content (AvgIpc) is 3.05. The van der Waals surface area contributed by atoms with Crippen LogP contribution in [0.2, 0.25) is 0 Å². The second-order valence-electron chi connectivity index (χ2n) is 8.15. The summed E-state index contributed by atoms with van der Waals surface area (Å²) >= 11 is 0. The van der Waals surface area contributed by atoms with Gasteiger partial charge >= 0.3 is 12.5 Å². The predicted molar refractivity (Wildman–Crippen MR) is 111 cm³/mol. The fraction of sp³-hybridized carbons (Fsp3) is 0.364. The van der Waals surface area contributed by atoms with Gasteiger partial charge in [-0.15, -0.1) is 13.2 Å². The van der Waals surface area contributed by atoms with Crippen LogP contribution in [0.15, 0.2) is 42.5 Å².